The van der Waals surface area contributed by atoms with Crippen LogP contribution in [-0.2, 0) is 11.3 Å². The predicted molar refractivity (Wildman–Crippen MR) is 87.7 cm³/mol. The largest absolute Gasteiger partial charge is 0.326 e. The van der Waals surface area contributed by atoms with Crippen molar-refractivity contribution < 1.29 is 4.79 Å². The molecule has 2 rings (SSSR count). The van der Waals surface area contributed by atoms with Gasteiger partial charge in [0.05, 0.1) is 11.8 Å². The first-order valence-electron chi connectivity index (χ1n) is 7.12. The number of para-hydroxylation sites is 1. The first kappa shape index (κ1) is 16.1. The number of imidazole rings is 1. The van der Waals surface area contributed by atoms with Crippen molar-refractivity contribution in [2.75, 3.05) is 17.2 Å². The lowest BCUT2D eigenvalue weighted by atomic mass is 10.3. The van der Waals surface area contributed by atoms with E-state index in [2.05, 4.69) is 11.9 Å². The zero-order valence-electron chi connectivity index (χ0n) is 12.5. The molecule has 0 saturated carbocycles. The molecule has 0 aliphatic carbocycles. The van der Waals surface area contributed by atoms with Gasteiger partial charge in [-0.2, -0.15) is 5.26 Å². The fourth-order valence-electron chi connectivity index (χ4n) is 2.05. The van der Waals surface area contributed by atoms with Crippen LogP contribution in [0.5, 0.6) is 0 Å². The Bertz CT molecular complexity index is 648. The van der Waals surface area contributed by atoms with Gasteiger partial charge in [-0.3, -0.25) is 9.69 Å². The van der Waals surface area contributed by atoms with E-state index >= 15 is 0 Å². The van der Waals surface area contributed by atoms with Crippen molar-refractivity contribution in [3.05, 3.63) is 42.7 Å². The molecular formula is C16H18N4OS. The van der Waals surface area contributed by atoms with Crippen molar-refractivity contribution in [3.8, 4) is 6.07 Å². The molecule has 22 heavy (non-hydrogen) atoms. The summed E-state index contributed by atoms with van der Waals surface area (Å²) in [5.41, 5.74) is 0.742. The maximum Gasteiger partial charge on any atom is 0.238 e. The first-order valence-corrected chi connectivity index (χ1v) is 8.11. The third-order valence-corrected chi connectivity index (χ3v) is 4.05. The highest BCUT2D eigenvalue weighted by Gasteiger charge is 2.16. The van der Waals surface area contributed by atoms with Crippen LogP contribution in [0.1, 0.15) is 13.3 Å². The van der Waals surface area contributed by atoms with Crippen LogP contribution in [0, 0.1) is 11.3 Å². The summed E-state index contributed by atoms with van der Waals surface area (Å²) in [5.74, 6) is 0.168. The van der Waals surface area contributed by atoms with E-state index in [1.807, 2.05) is 47.2 Å². The first-order chi connectivity index (χ1) is 10.8. The number of carbonyl (C=O) groups is 1. The van der Waals surface area contributed by atoms with Gasteiger partial charge in [-0.05, 0) is 18.6 Å². The monoisotopic (exact) mass is 314 g/mol. The predicted octanol–water partition coefficient (Wildman–Crippen LogP) is 2.94. The normalized spacial score (nSPS) is 10.2. The summed E-state index contributed by atoms with van der Waals surface area (Å²) in [6.07, 6.45) is 4.68. The minimum Gasteiger partial charge on any atom is -0.326 e. The molecule has 6 heteroatoms. The number of rotatable bonds is 7. The molecule has 0 bridgehead atoms. The van der Waals surface area contributed by atoms with Crippen LogP contribution >= 0.6 is 11.8 Å². The molecule has 1 amide bonds. The van der Waals surface area contributed by atoms with Crippen LogP contribution < -0.4 is 4.90 Å². The van der Waals surface area contributed by atoms with Gasteiger partial charge in [0.1, 0.15) is 6.54 Å². The number of aryl methyl sites for hydroxylation is 1. The second-order valence-electron chi connectivity index (χ2n) is 4.67. The van der Waals surface area contributed by atoms with Gasteiger partial charge in [-0.25, -0.2) is 4.98 Å². The van der Waals surface area contributed by atoms with Crippen LogP contribution in [-0.4, -0.2) is 27.8 Å². The fraction of sp³-hybridized carbons (Fsp3) is 0.312. The summed E-state index contributed by atoms with van der Waals surface area (Å²) >= 11 is 1.40. The number of thioether (sulfide) groups is 1. The smallest absolute Gasteiger partial charge is 0.238 e. The summed E-state index contributed by atoms with van der Waals surface area (Å²) in [6, 6.07) is 11.3. The van der Waals surface area contributed by atoms with E-state index in [1.165, 1.54) is 16.7 Å². The summed E-state index contributed by atoms with van der Waals surface area (Å²) < 4.78 is 2.04. The van der Waals surface area contributed by atoms with Crippen molar-refractivity contribution in [1.82, 2.24) is 9.55 Å². The van der Waals surface area contributed by atoms with Crippen LogP contribution in [0.4, 0.5) is 5.69 Å². The Kier molecular flexibility index (Phi) is 6.04. The van der Waals surface area contributed by atoms with E-state index in [0.717, 1.165) is 23.8 Å². The zero-order chi connectivity index (χ0) is 15.8. The standard InChI is InChI=1S/C16H18N4OS/c1-2-10-19-12-9-18-16(19)22-13-15(21)20(11-8-17)14-6-4-3-5-7-14/h3-7,9,12H,2,10-11,13H2,1H3. The number of nitriles is 1. The fourth-order valence-corrected chi connectivity index (χ4v) is 2.91. The minimum atomic E-state index is -0.0937. The molecule has 0 aliphatic rings. The van der Waals surface area contributed by atoms with Gasteiger partial charge in [0.15, 0.2) is 5.16 Å². The Hall–Kier alpha value is -2.26. The molecule has 1 aromatic carbocycles. The second kappa shape index (κ2) is 8.25. The number of aromatic nitrogens is 2. The van der Waals surface area contributed by atoms with Crippen molar-refractivity contribution >= 4 is 23.4 Å². The Balaban J connectivity index is 2.03. The zero-order valence-corrected chi connectivity index (χ0v) is 13.3. The van der Waals surface area contributed by atoms with Gasteiger partial charge >= 0.3 is 0 Å². The van der Waals surface area contributed by atoms with Crippen molar-refractivity contribution in [2.24, 2.45) is 0 Å². The molecular weight excluding hydrogens is 296 g/mol. The molecule has 0 radical (unpaired) electrons. The van der Waals surface area contributed by atoms with E-state index < -0.39 is 0 Å². The Labute approximate surface area is 134 Å². The molecule has 0 saturated heterocycles. The maximum absolute atomic E-state index is 12.4. The molecule has 1 aromatic heterocycles. The van der Waals surface area contributed by atoms with E-state index in [1.54, 1.807) is 6.20 Å². The van der Waals surface area contributed by atoms with E-state index in [-0.39, 0.29) is 18.2 Å². The number of hydrogen-bond donors (Lipinski definition) is 0. The molecule has 1 heterocycles. The number of anilines is 1. The minimum absolute atomic E-state index is 0.0484. The van der Waals surface area contributed by atoms with Crippen molar-refractivity contribution in [3.63, 3.8) is 0 Å². The number of hydrogen-bond acceptors (Lipinski definition) is 4. The lowest BCUT2D eigenvalue weighted by molar-refractivity contribution is -0.116. The van der Waals surface area contributed by atoms with Gasteiger partial charge in [0, 0.05) is 24.6 Å². The summed E-state index contributed by atoms with van der Waals surface area (Å²) in [4.78, 5) is 18.2. The maximum atomic E-state index is 12.4. The third kappa shape index (κ3) is 4.12. The summed E-state index contributed by atoms with van der Waals surface area (Å²) in [7, 11) is 0. The Morgan fingerprint density at radius 3 is 2.86 bits per heavy atom. The lowest BCUT2D eigenvalue weighted by Gasteiger charge is -2.19. The van der Waals surface area contributed by atoms with Gasteiger partial charge in [-0.15, -0.1) is 0 Å². The highest BCUT2D eigenvalue weighted by atomic mass is 32.2. The van der Waals surface area contributed by atoms with Crippen LogP contribution in [0.15, 0.2) is 47.9 Å². The molecule has 0 fully saturated rings. The topological polar surface area (TPSA) is 61.9 Å². The highest BCUT2D eigenvalue weighted by molar-refractivity contribution is 7.99. The molecule has 0 N–H and O–H groups in total. The quantitative estimate of drug-likeness (QED) is 0.582. The molecule has 0 atom stereocenters. The number of benzene rings is 1. The average molecular weight is 314 g/mol. The molecule has 5 nitrogen and oxygen atoms in total. The van der Waals surface area contributed by atoms with Gasteiger partial charge in [-0.1, -0.05) is 36.9 Å². The second-order valence-corrected chi connectivity index (χ2v) is 5.61. The van der Waals surface area contributed by atoms with Crippen molar-refractivity contribution in [1.29, 1.82) is 5.26 Å². The molecule has 2 aromatic rings. The van der Waals surface area contributed by atoms with E-state index in [4.69, 9.17) is 5.26 Å². The van der Waals surface area contributed by atoms with E-state index in [0.29, 0.717) is 0 Å². The van der Waals surface area contributed by atoms with Gasteiger partial charge < -0.3 is 4.57 Å². The molecule has 0 unspecified atom stereocenters. The number of amides is 1. The molecule has 114 valence electrons. The van der Waals surface area contributed by atoms with Crippen LogP contribution in [0.25, 0.3) is 0 Å². The SMILES string of the molecule is CCCn1ccnc1SCC(=O)N(CC#N)c1ccccc1. The van der Waals surface area contributed by atoms with Crippen LogP contribution in [0.3, 0.4) is 0 Å². The summed E-state index contributed by atoms with van der Waals surface area (Å²) in [5, 5.41) is 9.78. The van der Waals surface area contributed by atoms with Gasteiger partial charge in [0.2, 0.25) is 5.91 Å². The lowest BCUT2D eigenvalue weighted by Crippen LogP contribution is -2.32. The molecule has 0 aliphatic heterocycles. The average Bonchev–Trinajstić information content (AvgIpc) is 2.99. The summed E-state index contributed by atoms with van der Waals surface area (Å²) in [6.45, 7) is 3.04. The van der Waals surface area contributed by atoms with Crippen molar-refractivity contribution in [2.45, 2.75) is 25.0 Å². The van der Waals surface area contributed by atoms with Gasteiger partial charge in [0.25, 0.3) is 0 Å². The molecule has 0 spiro atoms. The van der Waals surface area contributed by atoms with Crippen LogP contribution in [0.2, 0.25) is 0 Å². The van der Waals surface area contributed by atoms with E-state index in [9.17, 15) is 4.79 Å². The Morgan fingerprint density at radius 2 is 2.18 bits per heavy atom. The number of carbonyl (C=O) groups excluding carboxylic acids is 1. The Morgan fingerprint density at radius 1 is 1.41 bits per heavy atom. The highest BCUT2D eigenvalue weighted by Crippen LogP contribution is 2.19. The third-order valence-electron chi connectivity index (χ3n) is 3.06. The number of nitrogens with zero attached hydrogens (tertiary/aromatic N) is 4.